The van der Waals surface area contributed by atoms with Crippen molar-refractivity contribution in [3.8, 4) is 0 Å². The summed E-state index contributed by atoms with van der Waals surface area (Å²) in [5, 5.41) is 12.3. The molecular formula is C9H10N2O4. The molecule has 0 aliphatic carbocycles. The molecule has 1 unspecified atom stereocenters. The fraction of sp³-hybridized carbons (Fsp3) is 0.444. The number of carbonyl (C=O) groups is 2. The molecule has 2 heterocycles. The van der Waals surface area contributed by atoms with Gasteiger partial charge in [-0.3, -0.25) is 9.59 Å². The van der Waals surface area contributed by atoms with Crippen LogP contribution in [0.1, 0.15) is 12.2 Å². The lowest BCUT2D eigenvalue weighted by Crippen LogP contribution is -2.25. The number of carbonyl (C=O) groups excluding carboxylic acids is 1. The molecule has 1 aliphatic heterocycles. The first kappa shape index (κ1) is 9.70. The second-order valence-electron chi connectivity index (χ2n) is 3.49. The third kappa shape index (κ3) is 1.98. The Morgan fingerprint density at radius 3 is 3.07 bits per heavy atom. The van der Waals surface area contributed by atoms with E-state index in [-0.39, 0.29) is 18.9 Å². The molecule has 0 aromatic carbocycles. The summed E-state index contributed by atoms with van der Waals surface area (Å²) in [6, 6.07) is 1.65. The maximum absolute atomic E-state index is 11.4. The van der Waals surface area contributed by atoms with Gasteiger partial charge in [-0.25, -0.2) is 0 Å². The molecule has 1 aliphatic rings. The highest BCUT2D eigenvalue weighted by molar-refractivity contribution is 5.85. The van der Waals surface area contributed by atoms with Crippen LogP contribution < -0.4 is 0 Å². The van der Waals surface area contributed by atoms with Crippen LogP contribution in [0.2, 0.25) is 0 Å². The molecule has 6 nitrogen and oxygen atoms in total. The predicted molar refractivity (Wildman–Crippen MR) is 47.7 cm³/mol. The van der Waals surface area contributed by atoms with Crippen LogP contribution in [0.5, 0.6) is 0 Å². The zero-order valence-corrected chi connectivity index (χ0v) is 7.92. The van der Waals surface area contributed by atoms with Gasteiger partial charge in [0.25, 0.3) is 0 Å². The highest BCUT2D eigenvalue weighted by Crippen LogP contribution is 2.19. The maximum Gasteiger partial charge on any atom is 0.308 e. The Balaban J connectivity index is 2.00. The van der Waals surface area contributed by atoms with Crippen LogP contribution in [0, 0.1) is 5.92 Å². The molecule has 1 N–H and O–H groups in total. The third-order valence-corrected chi connectivity index (χ3v) is 2.40. The van der Waals surface area contributed by atoms with E-state index in [4.69, 9.17) is 9.63 Å². The van der Waals surface area contributed by atoms with Gasteiger partial charge in [0.1, 0.15) is 0 Å². The molecule has 2 rings (SSSR count). The van der Waals surface area contributed by atoms with Crippen molar-refractivity contribution in [2.45, 2.75) is 13.0 Å². The van der Waals surface area contributed by atoms with Crippen LogP contribution in [-0.2, 0) is 16.1 Å². The van der Waals surface area contributed by atoms with Crippen LogP contribution in [-0.4, -0.2) is 33.6 Å². The summed E-state index contributed by atoms with van der Waals surface area (Å²) in [7, 11) is 0. The summed E-state index contributed by atoms with van der Waals surface area (Å²) in [4.78, 5) is 23.6. The smallest absolute Gasteiger partial charge is 0.308 e. The third-order valence-electron chi connectivity index (χ3n) is 2.40. The predicted octanol–water partition coefficient (Wildman–Crippen LogP) is 0.108. The number of likely N-dealkylation sites (tertiary alicyclic amines) is 1. The highest BCUT2D eigenvalue weighted by Gasteiger charge is 2.34. The Bertz CT molecular complexity index is 373. The standard InChI is InChI=1S/C9H10N2O4/c12-8-3-6(9(13)14)4-11(8)5-7-1-2-10-15-7/h1-2,6H,3-5H2,(H,13,14). The van der Waals surface area contributed by atoms with E-state index in [1.165, 1.54) is 11.1 Å². The molecule has 0 bridgehead atoms. The van der Waals surface area contributed by atoms with Crippen LogP contribution in [0.25, 0.3) is 0 Å². The summed E-state index contributed by atoms with van der Waals surface area (Å²) in [6.07, 6.45) is 1.56. The molecule has 6 heteroatoms. The number of carboxylic acids is 1. The number of aromatic nitrogens is 1. The van der Waals surface area contributed by atoms with Gasteiger partial charge < -0.3 is 14.5 Å². The van der Waals surface area contributed by atoms with Gasteiger partial charge in [0.2, 0.25) is 5.91 Å². The zero-order chi connectivity index (χ0) is 10.8. The fourth-order valence-electron chi connectivity index (χ4n) is 1.60. The van der Waals surface area contributed by atoms with Gasteiger partial charge in [-0.15, -0.1) is 0 Å². The van der Waals surface area contributed by atoms with E-state index in [1.807, 2.05) is 0 Å². The molecule has 1 amide bonds. The summed E-state index contributed by atoms with van der Waals surface area (Å²) < 4.78 is 4.85. The molecule has 0 radical (unpaired) electrons. The first-order valence-electron chi connectivity index (χ1n) is 4.57. The van der Waals surface area contributed by atoms with E-state index < -0.39 is 11.9 Å². The Kier molecular flexibility index (Phi) is 2.40. The molecule has 1 saturated heterocycles. The number of carboxylic acid groups (broad SMARTS) is 1. The van der Waals surface area contributed by atoms with E-state index in [2.05, 4.69) is 5.16 Å². The number of hydrogen-bond acceptors (Lipinski definition) is 4. The molecule has 1 atom stereocenters. The van der Waals surface area contributed by atoms with Gasteiger partial charge in [0.05, 0.1) is 18.7 Å². The summed E-state index contributed by atoms with van der Waals surface area (Å²) in [5.74, 6) is -1.11. The van der Waals surface area contributed by atoms with Gasteiger partial charge in [-0.2, -0.15) is 0 Å². The maximum atomic E-state index is 11.4. The van der Waals surface area contributed by atoms with Crippen molar-refractivity contribution in [1.82, 2.24) is 10.1 Å². The lowest BCUT2D eigenvalue weighted by atomic mass is 10.1. The van der Waals surface area contributed by atoms with Gasteiger partial charge in [0, 0.05) is 19.0 Å². The van der Waals surface area contributed by atoms with E-state index >= 15 is 0 Å². The second-order valence-corrected chi connectivity index (χ2v) is 3.49. The molecule has 15 heavy (non-hydrogen) atoms. The normalized spacial score (nSPS) is 20.9. The SMILES string of the molecule is O=C(O)C1CC(=O)N(Cc2ccno2)C1. The monoisotopic (exact) mass is 210 g/mol. The number of amides is 1. The van der Waals surface area contributed by atoms with Gasteiger partial charge in [0.15, 0.2) is 5.76 Å². The van der Waals surface area contributed by atoms with Gasteiger partial charge in [-0.05, 0) is 0 Å². The Morgan fingerprint density at radius 1 is 1.73 bits per heavy atom. The van der Waals surface area contributed by atoms with Crippen molar-refractivity contribution in [1.29, 1.82) is 0 Å². The summed E-state index contributed by atoms with van der Waals surface area (Å²) >= 11 is 0. The lowest BCUT2D eigenvalue weighted by Gasteiger charge is -2.13. The number of aliphatic carboxylic acids is 1. The Morgan fingerprint density at radius 2 is 2.53 bits per heavy atom. The molecule has 0 saturated carbocycles. The number of nitrogens with zero attached hydrogens (tertiary/aromatic N) is 2. The Hall–Kier alpha value is -1.85. The molecule has 1 fully saturated rings. The van der Waals surface area contributed by atoms with Crippen LogP contribution in [0.15, 0.2) is 16.8 Å². The van der Waals surface area contributed by atoms with Crippen LogP contribution in [0.4, 0.5) is 0 Å². The van der Waals surface area contributed by atoms with E-state index in [0.29, 0.717) is 12.3 Å². The lowest BCUT2D eigenvalue weighted by molar-refractivity contribution is -0.141. The first-order chi connectivity index (χ1) is 7.16. The first-order valence-corrected chi connectivity index (χ1v) is 4.57. The van der Waals surface area contributed by atoms with Gasteiger partial charge in [-0.1, -0.05) is 5.16 Å². The average Bonchev–Trinajstić information content (AvgIpc) is 2.77. The summed E-state index contributed by atoms with van der Waals surface area (Å²) in [6.45, 7) is 0.539. The van der Waals surface area contributed by atoms with E-state index in [0.717, 1.165) is 0 Å². The molecule has 1 aromatic rings. The van der Waals surface area contributed by atoms with Crippen LogP contribution in [0.3, 0.4) is 0 Å². The zero-order valence-electron chi connectivity index (χ0n) is 7.92. The average molecular weight is 210 g/mol. The quantitative estimate of drug-likeness (QED) is 0.765. The Labute approximate surface area is 85.5 Å². The minimum Gasteiger partial charge on any atom is -0.481 e. The van der Waals surface area contributed by atoms with Crippen molar-refractivity contribution in [3.63, 3.8) is 0 Å². The molecule has 0 spiro atoms. The van der Waals surface area contributed by atoms with Crippen molar-refractivity contribution in [2.75, 3.05) is 6.54 Å². The summed E-state index contributed by atoms with van der Waals surface area (Å²) in [5.41, 5.74) is 0. The number of rotatable bonds is 3. The topological polar surface area (TPSA) is 83.6 Å². The molecular weight excluding hydrogens is 200 g/mol. The minimum absolute atomic E-state index is 0.0729. The van der Waals surface area contributed by atoms with E-state index in [9.17, 15) is 9.59 Å². The largest absolute Gasteiger partial charge is 0.481 e. The van der Waals surface area contributed by atoms with Crippen molar-refractivity contribution < 1.29 is 19.2 Å². The van der Waals surface area contributed by atoms with Crippen molar-refractivity contribution in [3.05, 3.63) is 18.0 Å². The fourth-order valence-corrected chi connectivity index (χ4v) is 1.60. The molecule has 80 valence electrons. The van der Waals surface area contributed by atoms with Gasteiger partial charge >= 0.3 is 5.97 Å². The van der Waals surface area contributed by atoms with Crippen LogP contribution >= 0.6 is 0 Å². The highest BCUT2D eigenvalue weighted by atomic mass is 16.5. The minimum atomic E-state index is -0.927. The van der Waals surface area contributed by atoms with E-state index in [1.54, 1.807) is 6.07 Å². The molecule has 1 aromatic heterocycles. The second kappa shape index (κ2) is 3.72. The van der Waals surface area contributed by atoms with Crippen molar-refractivity contribution >= 4 is 11.9 Å². The van der Waals surface area contributed by atoms with Crippen molar-refractivity contribution in [2.24, 2.45) is 5.92 Å². The number of hydrogen-bond donors (Lipinski definition) is 1.